The predicted molar refractivity (Wildman–Crippen MR) is 91.5 cm³/mol. The lowest BCUT2D eigenvalue weighted by atomic mass is 9.91. The Bertz CT molecular complexity index is 572. The number of rotatable bonds is 6. The zero-order chi connectivity index (χ0) is 16.0. The SMILES string of the molecule is CC(C)(C)NCC(Cc1ccccc1)Cc1cccc(F)c1. The van der Waals surface area contributed by atoms with Gasteiger partial charge < -0.3 is 5.32 Å². The summed E-state index contributed by atoms with van der Waals surface area (Å²) in [6.45, 7) is 7.45. The second-order valence-electron chi connectivity index (χ2n) is 7.02. The molecule has 0 heterocycles. The zero-order valence-corrected chi connectivity index (χ0v) is 13.8. The molecule has 2 aromatic rings. The summed E-state index contributed by atoms with van der Waals surface area (Å²) in [6.07, 6.45) is 1.89. The lowest BCUT2D eigenvalue weighted by Crippen LogP contribution is -2.40. The molecule has 0 aliphatic rings. The third-order valence-electron chi connectivity index (χ3n) is 3.70. The van der Waals surface area contributed by atoms with Gasteiger partial charge in [0.2, 0.25) is 0 Å². The van der Waals surface area contributed by atoms with Gasteiger partial charge >= 0.3 is 0 Å². The molecule has 0 aromatic heterocycles. The molecule has 22 heavy (non-hydrogen) atoms. The average molecular weight is 299 g/mol. The Morgan fingerprint density at radius 1 is 0.909 bits per heavy atom. The Balaban J connectivity index is 2.07. The van der Waals surface area contributed by atoms with E-state index in [1.54, 1.807) is 12.1 Å². The first-order valence-electron chi connectivity index (χ1n) is 7.96. The molecule has 1 atom stereocenters. The first-order chi connectivity index (χ1) is 10.4. The molecule has 0 saturated carbocycles. The topological polar surface area (TPSA) is 12.0 Å². The first kappa shape index (κ1) is 16.7. The molecule has 2 heteroatoms. The third-order valence-corrected chi connectivity index (χ3v) is 3.70. The van der Waals surface area contributed by atoms with Crippen molar-refractivity contribution in [2.75, 3.05) is 6.54 Å². The van der Waals surface area contributed by atoms with Crippen molar-refractivity contribution in [1.82, 2.24) is 5.32 Å². The van der Waals surface area contributed by atoms with E-state index in [-0.39, 0.29) is 11.4 Å². The molecule has 118 valence electrons. The van der Waals surface area contributed by atoms with Gasteiger partial charge in [0.05, 0.1) is 0 Å². The summed E-state index contributed by atoms with van der Waals surface area (Å²) in [5, 5.41) is 3.58. The summed E-state index contributed by atoms with van der Waals surface area (Å²) < 4.78 is 13.4. The molecule has 0 saturated heterocycles. The molecule has 0 radical (unpaired) electrons. The lowest BCUT2D eigenvalue weighted by molar-refractivity contribution is 0.367. The monoisotopic (exact) mass is 299 g/mol. The van der Waals surface area contributed by atoms with Gasteiger partial charge in [-0.15, -0.1) is 0 Å². The standard InChI is InChI=1S/C20H26FN/c1-20(2,3)22-15-18(12-16-8-5-4-6-9-16)13-17-10-7-11-19(21)14-17/h4-11,14,18,22H,12-13,15H2,1-3H3. The molecule has 0 spiro atoms. The highest BCUT2D eigenvalue weighted by atomic mass is 19.1. The predicted octanol–water partition coefficient (Wildman–Crippen LogP) is 4.62. The van der Waals surface area contributed by atoms with Gasteiger partial charge in [-0.05, 0) is 69.3 Å². The van der Waals surface area contributed by atoms with Crippen molar-refractivity contribution in [2.45, 2.75) is 39.2 Å². The molecule has 0 aliphatic heterocycles. The van der Waals surface area contributed by atoms with Crippen molar-refractivity contribution in [3.05, 3.63) is 71.5 Å². The van der Waals surface area contributed by atoms with E-state index in [0.29, 0.717) is 5.92 Å². The number of benzene rings is 2. The maximum Gasteiger partial charge on any atom is 0.123 e. The van der Waals surface area contributed by atoms with E-state index in [9.17, 15) is 4.39 Å². The van der Waals surface area contributed by atoms with Crippen molar-refractivity contribution in [3.8, 4) is 0 Å². The van der Waals surface area contributed by atoms with E-state index >= 15 is 0 Å². The van der Waals surface area contributed by atoms with Crippen LogP contribution in [-0.4, -0.2) is 12.1 Å². The fraction of sp³-hybridized carbons (Fsp3) is 0.400. The summed E-state index contributed by atoms with van der Waals surface area (Å²) in [7, 11) is 0. The van der Waals surface area contributed by atoms with Crippen LogP contribution in [0.3, 0.4) is 0 Å². The van der Waals surface area contributed by atoms with Crippen LogP contribution in [0.5, 0.6) is 0 Å². The average Bonchev–Trinajstić information content (AvgIpc) is 2.45. The fourth-order valence-electron chi connectivity index (χ4n) is 2.61. The van der Waals surface area contributed by atoms with Crippen LogP contribution in [0, 0.1) is 11.7 Å². The quantitative estimate of drug-likeness (QED) is 0.821. The highest BCUT2D eigenvalue weighted by Gasteiger charge is 2.15. The molecule has 2 rings (SSSR count). The summed E-state index contributed by atoms with van der Waals surface area (Å²) in [6, 6.07) is 17.5. The van der Waals surface area contributed by atoms with Gasteiger partial charge in [-0.25, -0.2) is 4.39 Å². The van der Waals surface area contributed by atoms with Crippen LogP contribution >= 0.6 is 0 Å². The second kappa shape index (κ2) is 7.55. The van der Waals surface area contributed by atoms with Crippen LogP contribution in [-0.2, 0) is 12.8 Å². The van der Waals surface area contributed by atoms with E-state index in [4.69, 9.17) is 0 Å². The van der Waals surface area contributed by atoms with E-state index in [2.05, 4.69) is 50.4 Å². The van der Waals surface area contributed by atoms with Crippen molar-refractivity contribution >= 4 is 0 Å². The maximum absolute atomic E-state index is 13.4. The van der Waals surface area contributed by atoms with Crippen LogP contribution in [0.25, 0.3) is 0 Å². The maximum atomic E-state index is 13.4. The summed E-state index contributed by atoms with van der Waals surface area (Å²) in [4.78, 5) is 0. The third kappa shape index (κ3) is 5.98. The fourth-order valence-corrected chi connectivity index (χ4v) is 2.61. The van der Waals surface area contributed by atoms with Gasteiger partial charge in [0.15, 0.2) is 0 Å². The smallest absolute Gasteiger partial charge is 0.123 e. The van der Waals surface area contributed by atoms with Crippen LogP contribution < -0.4 is 5.32 Å². The van der Waals surface area contributed by atoms with Crippen molar-refractivity contribution in [1.29, 1.82) is 0 Å². The van der Waals surface area contributed by atoms with Gasteiger partial charge in [-0.1, -0.05) is 42.5 Å². The van der Waals surface area contributed by atoms with Gasteiger partial charge in [0.1, 0.15) is 5.82 Å². The summed E-state index contributed by atoms with van der Waals surface area (Å²) >= 11 is 0. The Morgan fingerprint density at radius 3 is 2.18 bits per heavy atom. The van der Waals surface area contributed by atoms with Crippen molar-refractivity contribution in [2.24, 2.45) is 5.92 Å². The van der Waals surface area contributed by atoms with E-state index in [1.165, 1.54) is 11.6 Å². The van der Waals surface area contributed by atoms with Gasteiger partial charge in [-0.2, -0.15) is 0 Å². The number of hydrogen-bond acceptors (Lipinski definition) is 1. The number of nitrogens with one attached hydrogen (secondary N) is 1. The normalized spacial score (nSPS) is 13.1. The molecule has 2 aromatic carbocycles. The van der Waals surface area contributed by atoms with Crippen molar-refractivity contribution in [3.63, 3.8) is 0 Å². The molecular formula is C20H26FN. The summed E-state index contributed by atoms with van der Waals surface area (Å²) in [5.74, 6) is 0.295. The highest BCUT2D eigenvalue weighted by Crippen LogP contribution is 2.16. The largest absolute Gasteiger partial charge is 0.312 e. The van der Waals surface area contributed by atoms with E-state index in [1.807, 2.05) is 12.1 Å². The summed E-state index contributed by atoms with van der Waals surface area (Å²) in [5.41, 5.74) is 2.49. The van der Waals surface area contributed by atoms with Crippen LogP contribution in [0.1, 0.15) is 31.9 Å². The van der Waals surface area contributed by atoms with Crippen LogP contribution in [0.2, 0.25) is 0 Å². The molecule has 0 fully saturated rings. The van der Waals surface area contributed by atoms with Crippen LogP contribution in [0.4, 0.5) is 4.39 Å². The number of hydrogen-bond donors (Lipinski definition) is 1. The first-order valence-corrected chi connectivity index (χ1v) is 7.96. The Kier molecular flexibility index (Phi) is 5.73. The van der Waals surface area contributed by atoms with E-state index < -0.39 is 0 Å². The van der Waals surface area contributed by atoms with E-state index in [0.717, 1.165) is 24.9 Å². The lowest BCUT2D eigenvalue weighted by Gasteiger charge is -2.25. The van der Waals surface area contributed by atoms with Gasteiger partial charge in [0, 0.05) is 5.54 Å². The van der Waals surface area contributed by atoms with Crippen molar-refractivity contribution < 1.29 is 4.39 Å². The van der Waals surface area contributed by atoms with Crippen LogP contribution in [0.15, 0.2) is 54.6 Å². The highest BCUT2D eigenvalue weighted by molar-refractivity contribution is 5.19. The molecular weight excluding hydrogens is 273 g/mol. The Labute approximate surface area is 133 Å². The minimum absolute atomic E-state index is 0.0941. The molecule has 1 unspecified atom stereocenters. The minimum Gasteiger partial charge on any atom is -0.312 e. The zero-order valence-electron chi connectivity index (χ0n) is 13.8. The molecule has 1 nitrogen and oxygen atoms in total. The molecule has 0 bridgehead atoms. The second-order valence-corrected chi connectivity index (χ2v) is 7.02. The van der Waals surface area contributed by atoms with Gasteiger partial charge in [0.25, 0.3) is 0 Å². The number of halogens is 1. The van der Waals surface area contributed by atoms with Gasteiger partial charge in [-0.3, -0.25) is 0 Å². The Hall–Kier alpha value is -1.67. The molecule has 0 amide bonds. The molecule has 1 N–H and O–H groups in total. The minimum atomic E-state index is -0.153. The Morgan fingerprint density at radius 2 is 1.55 bits per heavy atom. The molecule has 0 aliphatic carbocycles.